The number of carbonyl (C=O) groups excluding carboxylic acids is 1. The largest absolute Gasteiger partial charge is 0.488 e. The van der Waals surface area contributed by atoms with Crippen LogP contribution < -0.4 is 15.8 Å². The average molecular weight is 248 g/mol. The third-order valence-electron chi connectivity index (χ3n) is 3.15. The van der Waals surface area contributed by atoms with Gasteiger partial charge >= 0.3 is 0 Å². The van der Waals surface area contributed by atoms with Gasteiger partial charge in [0.2, 0.25) is 5.91 Å². The summed E-state index contributed by atoms with van der Waals surface area (Å²) in [6.45, 7) is 2.54. The maximum absolute atomic E-state index is 11.7. The smallest absolute Gasteiger partial charge is 0.237 e. The Morgan fingerprint density at radius 1 is 1.56 bits per heavy atom. The second-order valence-corrected chi connectivity index (χ2v) is 4.69. The summed E-state index contributed by atoms with van der Waals surface area (Å²) in [5.74, 6) is 0.839. The first-order valence-corrected chi connectivity index (χ1v) is 6.48. The molecule has 1 unspecified atom stereocenters. The Hall–Kier alpha value is -1.55. The van der Waals surface area contributed by atoms with Crippen molar-refractivity contribution in [1.82, 2.24) is 5.32 Å². The molecule has 18 heavy (non-hydrogen) atoms. The van der Waals surface area contributed by atoms with E-state index in [0.29, 0.717) is 6.54 Å². The van der Waals surface area contributed by atoms with Gasteiger partial charge in [-0.15, -0.1) is 0 Å². The van der Waals surface area contributed by atoms with Gasteiger partial charge in [0.15, 0.2) is 0 Å². The number of rotatable bonds is 5. The Morgan fingerprint density at radius 2 is 2.33 bits per heavy atom. The first kappa shape index (κ1) is 12.9. The standard InChI is InChI=1S/C14H20N2O2/c1-2-5-12(15)14(17)16-9-11-8-10-6-3-4-7-13(10)18-11/h3-4,6-7,11-12H,2,5,8-9,15H2,1H3,(H,16,17)/t11?,12-/m0/s1. The first-order valence-electron chi connectivity index (χ1n) is 6.48. The summed E-state index contributed by atoms with van der Waals surface area (Å²) in [5.41, 5.74) is 6.95. The second kappa shape index (κ2) is 5.87. The van der Waals surface area contributed by atoms with E-state index in [2.05, 4.69) is 11.4 Å². The fourth-order valence-electron chi connectivity index (χ4n) is 2.16. The number of nitrogens with one attached hydrogen (secondary N) is 1. The van der Waals surface area contributed by atoms with Crippen LogP contribution in [0.25, 0.3) is 0 Å². The van der Waals surface area contributed by atoms with Gasteiger partial charge in [-0.05, 0) is 18.1 Å². The number of benzene rings is 1. The molecule has 4 heteroatoms. The molecule has 0 radical (unpaired) electrons. The first-order chi connectivity index (χ1) is 8.70. The van der Waals surface area contributed by atoms with Gasteiger partial charge in [0.1, 0.15) is 11.9 Å². The van der Waals surface area contributed by atoms with Crippen molar-refractivity contribution in [3.05, 3.63) is 29.8 Å². The average Bonchev–Trinajstić information content (AvgIpc) is 2.78. The molecule has 0 bridgehead atoms. The summed E-state index contributed by atoms with van der Waals surface area (Å²) in [7, 11) is 0. The van der Waals surface area contributed by atoms with Crippen LogP contribution in [0.1, 0.15) is 25.3 Å². The van der Waals surface area contributed by atoms with Crippen LogP contribution in [-0.2, 0) is 11.2 Å². The van der Waals surface area contributed by atoms with E-state index in [1.807, 2.05) is 25.1 Å². The lowest BCUT2D eigenvalue weighted by atomic mass is 10.1. The van der Waals surface area contributed by atoms with E-state index < -0.39 is 6.04 Å². The van der Waals surface area contributed by atoms with E-state index in [4.69, 9.17) is 10.5 Å². The van der Waals surface area contributed by atoms with Gasteiger partial charge in [-0.3, -0.25) is 4.79 Å². The fraction of sp³-hybridized carbons (Fsp3) is 0.500. The third kappa shape index (κ3) is 3.01. The highest BCUT2D eigenvalue weighted by Gasteiger charge is 2.23. The topological polar surface area (TPSA) is 64.4 Å². The van der Waals surface area contributed by atoms with E-state index in [1.54, 1.807) is 0 Å². The van der Waals surface area contributed by atoms with Crippen LogP contribution in [0.5, 0.6) is 5.75 Å². The van der Waals surface area contributed by atoms with Crippen LogP contribution in [0.4, 0.5) is 0 Å². The van der Waals surface area contributed by atoms with Gasteiger partial charge in [-0.2, -0.15) is 0 Å². The summed E-state index contributed by atoms with van der Waals surface area (Å²) >= 11 is 0. The normalized spacial score (nSPS) is 18.9. The zero-order chi connectivity index (χ0) is 13.0. The number of hydrogen-bond acceptors (Lipinski definition) is 3. The molecule has 1 aliphatic rings. The molecule has 0 saturated carbocycles. The van der Waals surface area contributed by atoms with Crippen molar-refractivity contribution in [2.75, 3.05) is 6.54 Å². The fourth-order valence-corrected chi connectivity index (χ4v) is 2.16. The molecule has 2 rings (SSSR count). The molecule has 3 N–H and O–H groups in total. The Kier molecular flexibility index (Phi) is 4.20. The van der Waals surface area contributed by atoms with Crippen LogP contribution >= 0.6 is 0 Å². The maximum Gasteiger partial charge on any atom is 0.237 e. The monoisotopic (exact) mass is 248 g/mol. The number of carbonyl (C=O) groups is 1. The number of amides is 1. The van der Waals surface area contributed by atoms with Gasteiger partial charge in [0.05, 0.1) is 12.6 Å². The molecule has 1 aromatic carbocycles. The quantitative estimate of drug-likeness (QED) is 0.824. The van der Waals surface area contributed by atoms with Crippen molar-refractivity contribution in [3.8, 4) is 5.75 Å². The minimum absolute atomic E-state index is 0.0279. The number of ether oxygens (including phenoxy) is 1. The minimum atomic E-state index is -0.404. The van der Waals surface area contributed by atoms with Crippen LogP contribution in [0.15, 0.2) is 24.3 Å². The summed E-state index contributed by atoms with van der Waals surface area (Å²) in [4.78, 5) is 11.7. The van der Waals surface area contributed by atoms with Crippen LogP contribution in [0.2, 0.25) is 0 Å². The molecule has 1 amide bonds. The van der Waals surface area contributed by atoms with Gasteiger partial charge < -0.3 is 15.8 Å². The zero-order valence-electron chi connectivity index (χ0n) is 10.7. The lowest BCUT2D eigenvalue weighted by molar-refractivity contribution is -0.122. The Morgan fingerprint density at radius 3 is 3.06 bits per heavy atom. The maximum atomic E-state index is 11.7. The summed E-state index contributed by atoms with van der Waals surface area (Å²) in [6, 6.07) is 7.57. The van der Waals surface area contributed by atoms with Crippen molar-refractivity contribution < 1.29 is 9.53 Å². The summed E-state index contributed by atoms with van der Waals surface area (Å²) in [5, 5.41) is 2.86. The van der Waals surface area contributed by atoms with E-state index in [9.17, 15) is 4.79 Å². The van der Waals surface area contributed by atoms with Crippen molar-refractivity contribution in [3.63, 3.8) is 0 Å². The van der Waals surface area contributed by atoms with Crippen molar-refractivity contribution in [1.29, 1.82) is 0 Å². The SMILES string of the molecule is CCC[C@H](N)C(=O)NCC1Cc2ccccc2O1. The van der Waals surface area contributed by atoms with Gasteiger partial charge in [0.25, 0.3) is 0 Å². The molecule has 4 nitrogen and oxygen atoms in total. The number of nitrogens with two attached hydrogens (primary N) is 1. The van der Waals surface area contributed by atoms with Crippen molar-refractivity contribution in [2.45, 2.75) is 38.3 Å². The predicted molar refractivity (Wildman–Crippen MR) is 70.5 cm³/mol. The van der Waals surface area contributed by atoms with Gasteiger partial charge in [0, 0.05) is 6.42 Å². The van der Waals surface area contributed by atoms with Crippen LogP contribution in [-0.4, -0.2) is 24.6 Å². The van der Waals surface area contributed by atoms with Gasteiger partial charge in [-0.25, -0.2) is 0 Å². The highest BCUT2D eigenvalue weighted by molar-refractivity contribution is 5.81. The molecule has 1 heterocycles. The van der Waals surface area contributed by atoms with Crippen LogP contribution in [0.3, 0.4) is 0 Å². The van der Waals surface area contributed by atoms with Gasteiger partial charge in [-0.1, -0.05) is 31.5 Å². The molecule has 2 atom stereocenters. The Labute approximate surface area is 108 Å². The Balaban J connectivity index is 1.78. The molecule has 0 aromatic heterocycles. The molecule has 98 valence electrons. The zero-order valence-corrected chi connectivity index (χ0v) is 10.7. The lowest BCUT2D eigenvalue weighted by Crippen LogP contribution is -2.44. The highest BCUT2D eigenvalue weighted by atomic mass is 16.5. The van der Waals surface area contributed by atoms with E-state index in [1.165, 1.54) is 5.56 Å². The molecule has 1 aromatic rings. The van der Waals surface area contributed by atoms with Crippen molar-refractivity contribution in [2.24, 2.45) is 5.73 Å². The van der Waals surface area contributed by atoms with Crippen molar-refractivity contribution >= 4 is 5.91 Å². The molecular weight excluding hydrogens is 228 g/mol. The molecule has 0 aliphatic carbocycles. The van der Waals surface area contributed by atoms with E-state index >= 15 is 0 Å². The molecular formula is C14H20N2O2. The molecule has 0 saturated heterocycles. The lowest BCUT2D eigenvalue weighted by Gasteiger charge is -2.14. The Bertz CT molecular complexity index is 395. The summed E-state index contributed by atoms with van der Waals surface area (Å²) < 4.78 is 5.74. The van der Waals surface area contributed by atoms with E-state index in [0.717, 1.165) is 25.0 Å². The van der Waals surface area contributed by atoms with E-state index in [-0.39, 0.29) is 12.0 Å². The highest BCUT2D eigenvalue weighted by Crippen LogP contribution is 2.27. The second-order valence-electron chi connectivity index (χ2n) is 4.69. The number of fused-ring (bicyclic) bond motifs is 1. The minimum Gasteiger partial charge on any atom is -0.488 e. The number of para-hydroxylation sites is 1. The third-order valence-corrected chi connectivity index (χ3v) is 3.15. The molecule has 1 aliphatic heterocycles. The number of hydrogen-bond donors (Lipinski definition) is 2. The summed E-state index contributed by atoms with van der Waals surface area (Å²) in [6.07, 6.45) is 2.51. The predicted octanol–water partition coefficient (Wildman–Crippen LogP) is 1.23. The van der Waals surface area contributed by atoms with Crippen LogP contribution in [0, 0.1) is 0 Å². The molecule has 0 spiro atoms. The molecule has 0 fully saturated rings.